The van der Waals surface area contributed by atoms with E-state index in [1.54, 1.807) is 19.1 Å². The van der Waals surface area contributed by atoms with Gasteiger partial charge in [-0.15, -0.1) is 0 Å². The van der Waals surface area contributed by atoms with Gasteiger partial charge in [-0.2, -0.15) is 4.31 Å². The Labute approximate surface area is 133 Å². The van der Waals surface area contributed by atoms with Crippen LogP contribution >= 0.6 is 0 Å². The summed E-state index contributed by atoms with van der Waals surface area (Å²) in [6.45, 7) is 1.73. The smallest absolute Gasteiger partial charge is 0.333 e. The van der Waals surface area contributed by atoms with E-state index in [1.165, 1.54) is 36.4 Å². The van der Waals surface area contributed by atoms with Gasteiger partial charge in [0.2, 0.25) is 5.91 Å². The highest BCUT2D eigenvalue weighted by Gasteiger charge is 2.29. The zero-order chi connectivity index (χ0) is 17.2. The van der Waals surface area contributed by atoms with Gasteiger partial charge in [-0.1, -0.05) is 12.1 Å². The molecule has 0 aliphatic rings. The molecule has 0 saturated heterocycles. The van der Waals surface area contributed by atoms with E-state index in [2.05, 4.69) is 0 Å². The van der Waals surface area contributed by atoms with Crippen LogP contribution in [0.4, 0.5) is 10.5 Å². The number of hydrogen-bond donors (Lipinski definition) is 2. The maximum absolute atomic E-state index is 12.7. The minimum absolute atomic E-state index is 0.0176. The second kappa shape index (κ2) is 6.09. The summed E-state index contributed by atoms with van der Waals surface area (Å²) in [6.07, 6.45) is 0. The molecule has 0 fully saturated rings. The molecule has 0 aliphatic carbocycles. The molecule has 4 N–H and O–H groups in total. The lowest BCUT2D eigenvalue weighted by atomic mass is 10.2. The largest absolute Gasteiger partial charge is 0.366 e. The summed E-state index contributed by atoms with van der Waals surface area (Å²) in [5.41, 5.74) is 11.3. The Morgan fingerprint density at radius 1 is 1.00 bits per heavy atom. The van der Waals surface area contributed by atoms with E-state index in [0.717, 1.165) is 5.56 Å². The molecule has 8 heteroatoms. The maximum atomic E-state index is 12.7. The number of nitrogens with zero attached hydrogens (tertiary/aromatic N) is 1. The van der Waals surface area contributed by atoms with Crippen molar-refractivity contribution < 1.29 is 18.0 Å². The molecule has 0 unspecified atom stereocenters. The number of urea groups is 1. The lowest BCUT2D eigenvalue weighted by molar-refractivity contribution is 0.100. The van der Waals surface area contributed by atoms with Gasteiger partial charge in [0.25, 0.3) is 10.0 Å². The van der Waals surface area contributed by atoms with Gasteiger partial charge in [0, 0.05) is 5.56 Å². The van der Waals surface area contributed by atoms with Gasteiger partial charge in [-0.3, -0.25) is 4.79 Å². The number of carbonyl (C=O) groups is 2. The van der Waals surface area contributed by atoms with Gasteiger partial charge >= 0.3 is 6.03 Å². The first kappa shape index (κ1) is 16.5. The number of sulfonamides is 1. The highest BCUT2D eigenvalue weighted by molar-refractivity contribution is 7.93. The third kappa shape index (κ3) is 3.32. The topological polar surface area (TPSA) is 124 Å². The number of aryl methyl sites for hydroxylation is 1. The molecule has 120 valence electrons. The second-order valence-electron chi connectivity index (χ2n) is 4.84. The summed E-state index contributed by atoms with van der Waals surface area (Å²) >= 11 is 0. The fraction of sp³-hybridized carbons (Fsp3) is 0.0667. The Balaban J connectivity index is 2.54. The summed E-state index contributed by atoms with van der Waals surface area (Å²) in [6, 6.07) is 10.2. The van der Waals surface area contributed by atoms with Crippen LogP contribution in [0.2, 0.25) is 0 Å². The number of carbonyl (C=O) groups excluding carboxylic acids is 2. The SMILES string of the molecule is Cc1cccc(S(=O)(=O)N(C(N)=O)c2ccc(C(N)=O)cc2)c1. The number of hydrogen-bond acceptors (Lipinski definition) is 4. The molecule has 0 bridgehead atoms. The van der Waals surface area contributed by atoms with Crippen LogP contribution < -0.4 is 15.8 Å². The monoisotopic (exact) mass is 333 g/mol. The molecule has 0 aromatic heterocycles. The lowest BCUT2D eigenvalue weighted by Crippen LogP contribution is -2.40. The van der Waals surface area contributed by atoms with Gasteiger partial charge in [0.15, 0.2) is 0 Å². The average Bonchev–Trinajstić information content (AvgIpc) is 2.47. The van der Waals surface area contributed by atoms with Crippen LogP contribution in [-0.2, 0) is 10.0 Å². The molecule has 2 aromatic carbocycles. The second-order valence-corrected chi connectivity index (χ2v) is 6.62. The number of anilines is 1. The van der Waals surface area contributed by atoms with Crippen LogP contribution in [0.3, 0.4) is 0 Å². The summed E-state index contributed by atoms with van der Waals surface area (Å²) < 4.78 is 25.8. The first-order valence-electron chi connectivity index (χ1n) is 6.55. The van der Waals surface area contributed by atoms with Gasteiger partial charge in [-0.25, -0.2) is 13.2 Å². The number of benzene rings is 2. The Bertz CT molecular complexity index is 861. The minimum Gasteiger partial charge on any atom is -0.366 e. The molecule has 7 nitrogen and oxygen atoms in total. The molecule has 0 saturated carbocycles. The Morgan fingerprint density at radius 2 is 1.61 bits per heavy atom. The molecule has 0 radical (unpaired) electrons. The molecular weight excluding hydrogens is 318 g/mol. The summed E-state index contributed by atoms with van der Waals surface area (Å²) in [4.78, 5) is 22.7. The van der Waals surface area contributed by atoms with E-state index in [4.69, 9.17) is 11.5 Å². The zero-order valence-corrected chi connectivity index (χ0v) is 13.1. The van der Waals surface area contributed by atoms with Crippen molar-refractivity contribution in [2.24, 2.45) is 11.5 Å². The summed E-state index contributed by atoms with van der Waals surface area (Å²) in [7, 11) is -4.17. The van der Waals surface area contributed by atoms with Crippen molar-refractivity contribution in [2.75, 3.05) is 4.31 Å². The van der Waals surface area contributed by atoms with Crippen LogP contribution in [0, 0.1) is 6.92 Å². The summed E-state index contributed by atoms with van der Waals surface area (Å²) in [5, 5.41) is 0. The number of amides is 3. The lowest BCUT2D eigenvalue weighted by Gasteiger charge is -2.20. The maximum Gasteiger partial charge on any atom is 0.333 e. The van der Waals surface area contributed by atoms with Crippen molar-refractivity contribution in [3.8, 4) is 0 Å². The van der Waals surface area contributed by atoms with Gasteiger partial charge in [0.1, 0.15) is 0 Å². The Kier molecular flexibility index (Phi) is 4.37. The number of primary amides is 2. The molecule has 2 rings (SSSR count). The van der Waals surface area contributed by atoms with E-state index < -0.39 is 22.0 Å². The van der Waals surface area contributed by atoms with Crippen LogP contribution in [0.15, 0.2) is 53.4 Å². The minimum atomic E-state index is -4.17. The molecule has 0 aliphatic heterocycles. The Hall–Kier alpha value is -2.87. The number of rotatable bonds is 4. The zero-order valence-electron chi connectivity index (χ0n) is 12.3. The molecule has 0 atom stereocenters. The molecule has 3 amide bonds. The molecule has 2 aromatic rings. The molecule has 0 heterocycles. The highest BCUT2D eigenvalue weighted by atomic mass is 32.2. The van der Waals surface area contributed by atoms with Crippen molar-refractivity contribution in [1.29, 1.82) is 0 Å². The average molecular weight is 333 g/mol. The third-order valence-corrected chi connectivity index (χ3v) is 4.84. The molecule has 23 heavy (non-hydrogen) atoms. The fourth-order valence-electron chi connectivity index (χ4n) is 2.03. The van der Waals surface area contributed by atoms with E-state index in [-0.39, 0.29) is 16.1 Å². The van der Waals surface area contributed by atoms with Crippen molar-refractivity contribution >= 4 is 27.6 Å². The van der Waals surface area contributed by atoms with Crippen LogP contribution in [0.1, 0.15) is 15.9 Å². The van der Waals surface area contributed by atoms with Gasteiger partial charge in [-0.05, 0) is 48.9 Å². The predicted octanol–water partition coefficient (Wildman–Crippen LogP) is 1.37. The first-order valence-corrected chi connectivity index (χ1v) is 7.99. The fourth-order valence-corrected chi connectivity index (χ4v) is 3.46. The quantitative estimate of drug-likeness (QED) is 0.876. The van der Waals surface area contributed by atoms with Gasteiger partial charge in [0.05, 0.1) is 10.6 Å². The van der Waals surface area contributed by atoms with E-state index in [9.17, 15) is 18.0 Å². The number of nitrogens with two attached hydrogens (primary N) is 2. The van der Waals surface area contributed by atoms with Crippen LogP contribution in [-0.4, -0.2) is 20.4 Å². The van der Waals surface area contributed by atoms with Crippen LogP contribution in [0.5, 0.6) is 0 Å². The van der Waals surface area contributed by atoms with E-state index in [1.807, 2.05) is 0 Å². The molecular formula is C15H15N3O4S. The van der Waals surface area contributed by atoms with E-state index >= 15 is 0 Å². The summed E-state index contributed by atoms with van der Waals surface area (Å²) in [5.74, 6) is -0.663. The third-order valence-electron chi connectivity index (χ3n) is 3.11. The van der Waals surface area contributed by atoms with Crippen LogP contribution in [0.25, 0.3) is 0 Å². The van der Waals surface area contributed by atoms with E-state index in [0.29, 0.717) is 4.31 Å². The highest BCUT2D eigenvalue weighted by Crippen LogP contribution is 2.24. The van der Waals surface area contributed by atoms with Gasteiger partial charge < -0.3 is 11.5 Å². The van der Waals surface area contributed by atoms with Crippen molar-refractivity contribution in [1.82, 2.24) is 0 Å². The van der Waals surface area contributed by atoms with Crippen molar-refractivity contribution in [3.05, 3.63) is 59.7 Å². The predicted molar refractivity (Wildman–Crippen MR) is 85.4 cm³/mol. The first-order chi connectivity index (χ1) is 10.7. The van der Waals surface area contributed by atoms with Crippen molar-refractivity contribution in [2.45, 2.75) is 11.8 Å². The standard InChI is InChI=1S/C15H15N3O4S/c1-10-3-2-4-13(9-10)23(21,22)18(15(17)20)12-7-5-11(6-8-12)14(16)19/h2-9H,1H3,(H2,16,19)(H2,17,20). The van der Waals surface area contributed by atoms with Crippen molar-refractivity contribution in [3.63, 3.8) is 0 Å². The Morgan fingerprint density at radius 3 is 2.09 bits per heavy atom. The normalized spacial score (nSPS) is 11.0. The molecule has 0 spiro atoms.